The van der Waals surface area contributed by atoms with Crippen LogP contribution >= 0.6 is 0 Å². The first kappa shape index (κ1) is 10.8. The predicted octanol–water partition coefficient (Wildman–Crippen LogP) is 0.752. The van der Waals surface area contributed by atoms with E-state index in [0.29, 0.717) is 0 Å². The largest absolute Gasteiger partial charge is 0.299 e. The lowest BCUT2D eigenvalue weighted by atomic mass is 10.1. The molecule has 1 saturated heterocycles. The van der Waals surface area contributed by atoms with Crippen molar-refractivity contribution in [1.29, 1.82) is 0 Å². The molecule has 0 aromatic heterocycles. The molecule has 0 radical (unpaired) electrons. The van der Waals surface area contributed by atoms with Gasteiger partial charge in [-0.2, -0.15) is 0 Å². The van der Waals surface area contributed by atoms with Crippen molar-refractivity contribution in [3.8, 4) is 0 Å². The van der Waals surface area contributed by atoms with Crippen LogP contribution in [0.15, 0.2) is 30.3 Å². The van der Waals surface area contributed by atoms with Crippen molar-refractivity contribution < 1.29 is 9.59 Å². The quantitative estimate of drug-likeness (QED) is 0.736. The van der Waals surface area contributed by atoms with Gasteiger partial charge in [-0.05, 0) is 12.5 Å². The van der Waals surface area contributed by atoms with Crippen LogP contribution < -0.4 is 10.6 Å². The van der Waals surface area contributed by atoms with Crippen LogP contribution in [0.3, 0.4) is 0 Å². The highest BCUT2D eigenvalue weighted by Gasteiger charge is 2.31. The molecule has 1 aliphatic heterocycles. The summed E-state index contributed by atoms with van der Waals surface area (Å²) in [6.07, 6.45) is 0.232. The zero-order valence-electron chi connectivity index (χ0n) is 9.07. The molecule has 84 valence electrons. The summed E-state index contributed by atoms with van der Waals surface area (Å²) in [6, 6.07) is 9.49. The van der Waals surface area contributed by atoms with Crippen LogP contribution in [0.4, 0.5) is 0 Å². The first-order chi connectivity index (χ1) is 7.66. The number of amides is 2. The van der Waals surface area contributed by atoms with E-state index in [1.165, 1.54) is 0 Å². The molecule has 4 heteroatoms. The highest BCUT2D eigenvalue weighted by Crippen LogP contribution is 2.14. The first-order valence-electron chi connectivity index (χ1n) is 5.31. The van der Waals surface area contributed by atoms with Gasteiger partial charge in [0, 0.05) is 6.04 Å². The zero-order chi connectivity index (χ0) is 11.5. The SMILES string of the molecule is C[C@H](N[C@H]1CC(=O)NC1=O)c1ccccc1. The molecule has 4 nitrogen and oxygen atoms in total. The van der Waals surface area contributed by atoms with E-state index in [4.69, 9.17) is 0 Å². The van der Waals surface area contributed by atoms with Gasteiger partial charge in [0.2, 0.25) is 11.8 Å². The van der Waals surface area contributed by atoms with Gasteiger partial charge < -0.3 is 0 Å². The topological polar surface area (TPSA) is 58.2 Å². The highest BCUT2D eigenvalue weighted by molar-refractivity contribution is 6.05. The van der Waals surface area contributed by atoms with E-state index >= 15 is 0 Å². The predicted molar refractivity (Wildman–Crippen MR) is 59.5 cm³/mol. The van der Waals surface area contributed by atoms with Crippen LogP contribution in [0.2, 0.25) is 0 Å². The zero-order valence-corrected chi connectivity index (χ0v) is 9.07. The molecule has 0 bridgehead atoms. The monoisotopic (exact) mass is 218 g/mol. The van der Waals surface area contributed by atoms with Gasteiger partial charge in [0.05, 0.1) is 12.5 Å². The molecule has 2 atom stereocenters. The van der Waals surface area contributed by atoms with E-state index < -0.39 is 6.04 Å². The van der Waals surface area contributed by atoms with Gasteiger partial charge in [0.15, 0.2) is 0 Å². The Hall–Kier alpha value is -1.68. The lowest BCUT2D eigenvalue weighted by Gasteiger charge is -2.17. The Balaban J connectivity index is 2.00. The Labute approximate surface area is 94.0 Å². The maximum absolute atomic E-state index is 11.4. The second-order valence-corrected chi connectivity index (χ2v) is 3.97. The molecule has 0 saturated carbocycles. The lowest BCUT2D eigenvalue weighted by molar-refractivity contribution is -0.125. The van der Waals surface area contributed by atoms with Crippen molar-refractivity contribution in [3.05, 3.63) is 35.9 Å². The molecule has 0 unspecified atom stereocenters. The van der Waals surface area contributed by atoms with Crippen molar-refractivity contribution in [2.75, 3.05) is 0 Å². The molecule has 16 heavy (non-hydrogen) atoms. The van der Waals surface area contributed by atoms with Crippen LogP contribution in [-0.2, 0) is 9.59 Å². The molecule has 1 fully saturated rings. The Morgan fingerprint density at radius 3 is 2.56 bits per heavy atom. The molecule has 0 aliphatic carbocycles. The van der Waals surface area contributed by atoms with Gasteiger partial charge in [-0.1, -0.05) is 30.3 Å². The van der Waals surface area contributed by atoms with Crippen molar-refractivity contribution in [3.63, 3.8) is 0 Å². The number of carbonyl (C=O) groups excluding carboxylic acids is 2. The third kappa shape index (κ3) is 2.28. The van der Waals surface area contributed by atoms with Crippen molar-refractivity contribution in [2.45, 2.75) is 25.4 Å². The van der Waals surface area contributed by atoms with E-state index in [0.717, 1.165) is 5.56 Å². The fourth-order valence-corrected chi connectivity index (χ4v) is 1.83. The minimum absolute atomic E-state index is 0.0582. The standard InChI is InChI=1S/C12H14N2O2/c1-8(9-5-3-2-4-6-9)13-10-7-11(15)14-12(10)16/h2-6,8,10,13H,7H2,1H3,(H,14,15,16)/t8-,10-/m0/s1. The average molecular weight is 218 g/mol. The number of carbonyl (C=O) groups is 2. The summed E-state index contributed by atoms with van der Waals surface area (Å²) >= 11 is 0. The fourth-order valence-electron chi connectivity index (χ4n) is 1.83. The van der Waals surface area contributed by atoms with Crippen LogP contribution in [0.1, 0.15) is 24.9 Å². The summed E-state index contributed by atoms with van der Waals surface area (Å²) < 4.78 is 0. The Kier molecular flexibility index (Phi) is 3.01. The van der Waals surface area contributed by atoms with E-state index in [1.54, 1.807) is 0 Å². The minimum atomic E-state index is -0.400. The van der Waals surface area contributed by atoms with E-state index in [1.807, 2.05) is 37.3 Å². The van der Waals surface area contributed by atoms with Gasteiger partial charge in [-0.25, -0.2) is 0 Å². The van der Waals surface area contributed by atoms with Crippen LogP contribution in [0.25, 0.3) is 0 Å². The second kappa shape index (κ2) is 4.45. The molecule has 1 aromatic rings. The number of hydrogen-bond acceptors (Lipinski definition) is 3. The second-order valence-electron chi connectivity index (χ2n) is 3.97. The Morgan fingerprint density at radius 1 is 1.31 bits per heavy atom. The van der Waals surface area contributed by atoms with Gasteiger partial charge >= 0.3 is 0 Å². The third-order valence-corrected chi connectivity index (χ3v) is 2.72. The fraction of sp³-hybridized carbons (Fsp3) is 0.333. The Morgan fingerprint density at radius 2 is 2.00 bits per heavy atom. The third-order valence-electron chi connectivity index (χ3n) is 2.72. The van der Waals surface area contributed by atoms with Crippen molar-refractivity contribution in [1.82, 2.24) is 10.6 Å². The van der Waals surface area contributed by atoms with Gasteiger partial charge in [0.1, 0.15) is 0 Å². The summed E-state index contributed by atoms with van der Waals surface area (Å²) in [4.78, 5) is 22.4. The van der Waals surface area contributed by atoms with E-state index in [-0.39, 0.29) is 24.3 Å². The Bertz CT molecular complexity index is 403. The first-order valence-corrected chi connectivity index (χ1v) is 5.31. The molecule has 2 amide bonds. The summed E-state index contributed by atoms with van der Waals surface area (Å²) in [5, 5.41) is 5.43. The number of rotatable bonds is 3. The molecular weight excluding hydrogens is 204 g/mol. The number of hydrogen-bond donors (Lipinski definition) is 2. The molecule has 1 heterocycles. The van der Waals surface area contributed by atoms with E-state index in [9.17, 15) is 9.59 Å². The van der Waals surface area contributed by atoms with Gasteiger partial charge in [-0.15, -0.1) is 0 Å². The lowest BCUT2D eigenvalue weighted by Crippen LogP contribution is -2.37. The van der Waals surface area contributed by atoms with Gasteiger partial charge in [-0.3, -0.25) is 20.2 Å². The molecule has 2 N–H and O–H groups in total. The number of nitrogens with one attached hydrogen (secondary N) is 2. The summed E-state index contributed by atoms with van der Waals surface area (Å²) in [5.41, 5.74) is 1.11. The normalized spacial score (nSPS) is 21.9. The number of benzene rings is 1. The molecular formula is C12H14N2O2. The van der Waals surface area contributed by atoms with Crippen LogP contribution in [0, 0.1) is 0 Å². The summed E-state index contributed by atoms with van der Waals surface area (Å²) in [5.74, 6) is -0.435. The van der Waals surface area contributed by atoms with Crippen molar-refractivity contribution >= 4 is 11.8 Å². The van der Waals surface area contributed by atoms with Crippen molar-refractivity contribution in [2.24, 2.45) is 0 Å². The average Bonchev–Trinajstić information content (AvgIpc) is 2.59. The van der Waals surface area contributed by atoms with Crippen LogP contribution in [-0.4, -0.2) is 17.9 Å². The summed E-state index contributed by atoms with van der Waals surface area (Å²) in [7, 11) is 0. The minimum Gasteiger partial charge on any atom is -0.299 e. The molecule has 0 spiro atoms. The van der Waals surface area contributed by atoms with E-state index in [2.05, 4.69) is 10.6 Å². The molecule has 1 aliphatic rings. The highest BCUT2D eigenvalue weighted by atomic mass is 16.2. The molecule has 1 aromatic carbocycles. The molecule has 2 rings (SSSR count). The summed E-state index contributed by atoms with van der Waals surface area (Å²) in [6.45, 7) is 1.98. The maximum Gasteiger partial charge on any atom is 0.244 e. The smallest absolute Gasteiger partial charge is 0.244 e. The van der Waals surface area contributed by atoms with Gasteiger partial charge in [0.25, 0.3) is 0 Å². The van der Waals surface area contributed by atoms with Crippen LogP contribution in [0.5, 0.6) is 0 Å². The number of imide groups is 1. The maximum atomic E-state index is 11.4.